The Kier molecular flexibility index (Phi) is 4.21. The molecule has 1 saturated heterocycles. The van der Waals surface area contributed by atoms with Crippen molar-refractivity contribution >= 4 is 17.8 Å². The largest absolute Gasteiger partial charge is 0.352 e. The fourth-order valence-corrected chi connectivity index (χ4v) is 4.66. The van der Waals surface area contributed by atoms with E-state index in [1.54, 1.807) is 0 Å². The number of benzene rings is 1. The summed E-state index contributed by atoms with van der Waals surface area (Å²) in [6.45, 7) is 1.93. The maximum atomic E-state index is 13.1. The van der Waals surface area contributed by atoms with Crippen LogP contribution in [0.1, 0.15) is 50.2 Å². The van der Waals surface area contributed by atoms with Crippen LogP contribution in [0.5, 0.6) is 0 Å². The van der Waals surface area contributed by atoms with Gasteiger partial charge < -0.3 is 10.6 Å². The van der Waals surface area contributed by atoms with Crippen molar-refractivity contribution in [3.8, 4) is 0 Å². The van der Waals surface area contributed by atoms with Crippen LogP contribution in [0.25, 0.3) is 0 Å². The summed E-state index contributed by atoms with van der Waals surface area (Å²) in [6, 6.07) is 7.37. The number of carbonyl (C=O) groups excluding carboxylic acids is 3. The zero-order valence-corrected chi connectivity index (χ0v) is 15.1. The number of hydrogen-bond acceptors (Lipinski definition) is 3. The van der Waals surface area contributed by atoms with Gasteiger partial charge in [-0.2, -0.15) is 0 Å². The number of amides is 4. The van der Waals surface area contributed by atoms with E-state index in [0.717, 1.165) is 41.7 Å². The molecular weight excluding hydrogens is 330 g/mol. The summed E-state index contributed by atoms with van der Waals surface area (Å²) >= 11 is 0. The standard InChI is InChI=1S/C20H25N3O3/c1-13-6-2-5-9-16(13)21-17(24)12-23-18(25)20(22-19(23)26)11-10-14-7-3-4-8-15(14)20/h3-4,7-8,13,16H,2,5-6,9-12H2,1H3,(H,21,24)(H,22,26)/t13-,16+,20+/m1/s1. The summed E-state index contributed by atoms with van der Waals surface area (Å²) in [5.41, 5.74) is 0.956. The Labute approximate surface area is 153 Å². The summed E-state index contributed by atoms with van der Waals surface area (Å²) in [5.74, 6) is -0.126. The molecule has 1 aromatic rings. The van der Waals surface area contributed by atoms with Gasteiger partial charge in [0.25, 0.3) is 5.91 Å². The molecule has 3 aliphatic rings. The van der Waals surface area contributed by atoms with E-state index in [2.05, 4.69) is 17.6 Å². The first-order valence-electron chi connectivity index (χ1n) is 9.53. The monoisotopic (exact) mass is 355 g/mol. The molecule has 2 N–H and O–H groups in total. The fraction of sp³-hybridized carbons (Fsp3) is 0.550. The predicted octanol–water partition coefficient (Wildman–Crippen LogP) is 2.07. The van der Waals surface area contributed by atoms with Crippen molar-refractivity contribution < 1.29 is 14.4 Å². The second-order valence-electron chi connectivity index (χ2n) is 7.82. The average Bonchev–Trinajstić information content (AvgIpc) is 3.11. The Hall–Kier alpha value is -2.37. The van der Waals surface area contributed by atoms with Crippen LogP contribution >= 0.6 is 0 Å². The highest BCUT2D eigenvalue weighted by Gasteiger charge is 2.55. The zero-order valence-electron chi connectivity index (χ0n) is 15.1. The summed E-state index contributed by atoms with van der Waals surface area (Å²) in [6.07, 6.45) is 5.68. The van der Waals surface area contributed by atoms with E-state index in [0.29, 0.717) is 12.3 Å². The van der Waals surface area contributed by atoms with Crippen molar-refractivity contribution in [2.45, 2.75) is 57.0 Å². The number of hydrogen-bond donors (Lipinski definition) is 2. The number of rotatable bonds is 3. The van der Waals surface area contributed by atoms with Gasteiger partial charge in [0.1, 0.15) is 12.1 Å². The lowest BCUT2D eigenvalue weighted by atomic mass is 9.86. The molecule has 0 aromatic heterocycles. The maximum Gasteiger partial charge on any atom is 0.325 e. The first-order valence-corrected chi connectivity index (χ1v) is 9.53. The van der Waals surface area contributed by atoms with Gasteiger partial charge >= 0.3 is 6.03 Å². The van der Waals surface area contributed by atoms with Gasteiger partial charge in [-0.25, -0.2) is 4.79 Å². The highest BCUT2D eigenvalue weighted by Crippen LogP contribution is 2.41. The molecule has 6 heteroatoms. The number of fused-ring (bicyclic) bond motifs is 2. The molecule has 2 fully saturated rings. The molecule has 6 nitrogen and oxygen atoms in total. The van der Waals surface area contributed by atoms with Crippen LogP contribution in [-0.2, 0) is 21.5 Å². The van der Waals surface area contributed by atoms with E-state index in [1.165, 1.54) is 6.42 Å². The minimum Gasteiger partial charge on any atom is -0.352 e. The number of carbonyl (C=O) groups is 3. The van der Waals surface area contributed by atoms with E-state index in [4.69, 9.17) is 0 Å². The van der Waals surface area contributed by atoms with Crippen molar-refractivity contribution in [1.29, 1.82) is 0 Å². The molecule has 0 unspecified atom stereocenters. The van der Waals surface area contributed by atoms with Gasteiger partial charge in [-0.3, -0.25) is 14.5 Å². The number of nitrogens with one attached hydrogen (secondary N) is 2. The lowest BCUT2D eigenvalue weighted by Gasteiger charge is -2.30. The van der Waals surface area contributed by atoms with Crippen LogP contribution in [0.2, 0.25) is 0 Å². The second kappa shape index (κ2) is 6.41. The number of imide groups is 1. The molecule has 3 atom stereocenters. The third-order valence-corrected chi connectivity index (χ3v) is 6.18. The zero-order chi connectivity index (χ0) is 18.3. The lowest BCUT2D eigenvalue weighted by Crippen LogP contribution is -2.47. The Morgan fingerprint density at radius 3 is 2.85 bits per heavy atom. The number of nitrogens with zero attached hydrogens (tertiary/aromatic N) is 1. The quantitative estimate of drug-likeness (QED) is 0.815. The van der Waals surface area contributed by atoms with Crippen LogP contribution in [0.15, 0.2) is 24.3 Å². The van der Waals surface area contributed by atoms with Crippen molar-refractivity contribution in [2.75, 3.05) is 6.54 Å². The Balaban J connectivity index is 1.48. The Morgan fingerprint density at radius 1 is 1.27 bits per heavy atom. The summed E-state index contributed by atoms with van der Waals surface area (Å²) in [4.78, 5) is 39.1. The van der Waals surface area contributed by atoms with Crippen molar-refractivity contribution in [1.82, 2.24) is 15.5 Å². The van der Waals surface area contributed by atoms with Crippen LogP contribution in [0, 0.1) is 5.92 Å². The van der Waals surface area contributed by atoms with Gasteiger partial charge in [-0.05, 0) is 42.7 Å². The van der Waals surface area contributed by atoms with Crippen LogP contribution in [0.3, 0.4) is 0 Å². The normalized spacial score (nSPS) is 30.4. The molecule has 0 radical (unpaired) electrons. The first-order chi connectivity index (χ1) is 12.5. The molecule has 4 rings (SSSR count). The van der Waals surface area contributed by atoms with E-state index in [1.807, 2.05) is 24.3 Å². The Morgan fingerprint density at radius 2 is 2.04 bits per heavy atom. The van der Waals surface area contributed by atoms with Crippen LogP contribution < -0.4 is 10.6 Å². The highest BCUT2D eigenvalue weighted by atomic mass is 16.2. The minimum absolute atomic E-state index is 0.137. The van der Waals surface area contributed by atoms with Crippen molar-refractivity contribution in [2.24, 2.45) is 5.92 Å². The molecule has 1 saturated carbocycles. The third-order valence-electron chi connectivity index (χ3n) is 6.18. The summed E-state index contributed by atoms with van der Waals surface area (Å²) in [5, 5.41) is 5.88. The van der Waals surface area contributed by atoms with Gasteiger partial charge in [0, 0.05) is 6.04 Å². The predicted molar refractivity (Wildman–Crippen MR) is 96.2 cm³/mol. The summed E-state index contributed by atoms with van der Waals surface area (Å²) < 4.78 is 0. The molecule has 138 valence electrons. The summed E-state index contributed by atoms with van der Waals surface area (Å²) in [7, 11) is 0. The van der Waals surface area contributed by atoms with E-state index >= 15 is 0 Å². The maximum absolute atomic E-state index is 13.1. The molecule has 1 heterocycles. The lowest BCUT2D eigenvalue weighted by molar-refractivity contribution is -0.135. The van der Waals surface area contributed by atoms with Gasteiger partial charge in [-0.15, -0.1) is 0 Å². The average molecular weight is 355 g/mol. The van der Waals surface area contributed by atoms with Crippen molar-refractivity contribution in [3.63, 3.8) is 0 Å². The number of urea groups is 1. The smallest absolute Gasteiger partial charge is 0.325 e. The van der Waals surface area contributed by atoms with Gasteiger partial charge in [-0.1, -0.05) is 44.0 Å². The molecule has 26 heavy (non-hydrogen) atoms. The topological polar surface area (TPSA) is 78.5 Å². The molecule has 1 aliphatic heterocycles. The molecule has 4 amide bonds. The highest BCUT2D eigenvalue weighted by molar-refractivity contribution is 6.09. The second-order valence-corrected chi connectivity index (χ2v) is 7.82. The van der Waals surface area contributed by atoms with Gasteiger partial charge in [0.05, 0.1) is 0 Å². The number of aryl methyl sites for hydroxylation is 1. The van der Waals surface area contributed by atoms with Gasteiger partial charge in [0.15, 0.2) is 0 Å². The molecular formula is C20H25N3O3. The fourth-order valence-electron chi connectivity index (χ4n) is 4.66. The first kappa shape index (κ1) is 17.1. The molecule has 1 aromatic carbocycles. The third kappa shape index (κ3) is 2.68. The van der Waals surface area contributed by atoms with Crippen molar-refractivity contribution in [3.05, 3.63) is 35.4 Å². The van der Waals surface area contributed by atoms with Crippen LogP contribution in [-0.4, -0.2) is 35.3 Å². The van der Waals surface area contributed by atoms with Gasteiger partial charge in [0.2, 0.25) is 5.91 Å². The molecule has 2 aliphatic carbocycles. The minimum atomic E-state index is -0.994. The van der Waals surface area contributed by atoms with E-state index in [-0.39, 0.29) is 24.4 Å². The SMILES string of the molecule is C[C@@H]1CCCC[C@@H]1NC(=O)CN1C(=O)N[C@]2(CCc3ccccc32)C1=O. The molecule has 1 spiro atoms. The van der Waals surface area contributed by atoms with Crippen LogP contribution in [0.4, 0.5) is 4.79 Å². The molecule has 0 bridgehead atoms. The van der Waals surface area contributed by atoms with E-state index < -0.39 is 11.6 Å². The Bertz CT molecular complexity index is 762. The van der Waals surface area contributed by atoms with E-state index in [9.17, 15) is 14.4 Å².